The second-order valence-corrected chi connectivity index (χ2v) is 7.14. The maximum absolute atomic E-state index is 13.9. The Morgan fingerprint density at radius 2 is 1.71 bits per heavy atom. The van der Waals surface area contributed by atoms with Crippen LogP contribution in [-0.4, -0.2) is 4.98 Å². The second-order valence-electron chi connectivity index (χ2n) is 5.44. The van der Waals surface area contributed by atoms with Crippen LogP contribution >= 0.6 is 22.9 Å². The Bertz CT molecular complexity index is 985. The van der Waals surface area contributed by atoms with Gasteiger partial charge in [0, 0.05) is 17.1 Å². The van der Waals surface area contributed by atoms with Gasteiger partial charge in [-0.05, 0) is 24.3 Å². The van der Waals surface area contributed by atoms with E-state index >= 15 is 0 Å². The molecule has 28 heavy (non-hydrogen) atoms. The first-order valence-corrected chi connectivity index (χ1v) is 8.70. The van der Waals surface area contributed by atoms with Crippen molar-refractivity contribution in [1.29, 1.82) is 0 Å². The number of alkyl halides is 3. The maximum atomic E-state index is 13.9. The molecule has 3 rings (SSSR count). The third kappa shape index (κ3) is 4.68. The highest BCUT2D eigenvalue weighted by molar-refractivity contribution is 7.15. The first kappa shape index (κ1) is 20.3. The zero-order valence-corrected chi connectivity index (χ0v) is 15.2. The number of hydrogen-bond donors (Lipinski definition) is 1. The number of aromatic nitrogens is 1. The van der Waals surface area contributed by atoms with Gasteiger partial charge in [0.05, 0.1) is 17.8 Å². The van der Waals surface area contributed by atoms with Crippen molar-refractivity contribution in [3.63, 3.8) is 0 Å². The number of nitrogens with one attached hydrogen (secondary N) is 1. The predicted octanol–water partition coefficient (Wildman–Crippen LogP) is 6.64. The number of halogens is 7. The summed E-state index contributed by atoms with van der Waals surface area (Å²) < 4.78 is 84.8. The summed E-state index contributed by atoms with van der Waals surface area (Å²) in [6.45, 7) is 0.174. The van der Waals surface area contributed by atoms with Gasteiger partial charge in [0.2, 0.25) is 0 Å². The molecule has 0 atom stereocenters. The molecule has 0 radical (unpaired) electrons. The minimum absolute atomic E-state index is 0.0465. The van der Waals surface area contributed by atoms with Gasteiger partial charge in [-0.1, -0.05) is 11.6 Å². The van der Waals surface area contributed by atoms with Gasteiger partial charge < -0.3 is 10.1 Å². The van der Waals surface area contributed by atoms with Crippen molar-refractivity contribution in [3.05, 3.63) is 68.9 Å². The Morgan fingerprint density at radius 3 is 2.29 bits per heavy atom. The van der Waals surface area contributed by atoms with Crippen LogP contribution in [0, 0.1) is 17.5 Å². The zero-order chi connectivity index (χ0) is 20.5. The van der Waals surface area contributed by atoms with E-state index in [4.69, 9.17) is 16.3 Å². The quantitative estimate of drug-likeness (QED) is 0.453. The number of nitrogens with zero attached hydrogens (tertiary/aromatic N) is 1. The molecule has 2 aromatic carbocycles. The van der Waals surface area contributed by atoms with Crippen molar-refractivity contribution >= 4 is 28.6 Å². The summed E-state index contributed by atoms with van der Waals surface area (Å²) >= 11 is 6.88. The monoisotopic (exact) mass is 438 g/mol. The minimum atomic E-state index is -4.91. The summed E-state index contributed by atoms with van der Waals surface area (Å²) in [4.78, 5) is 4.53. The lowest BCUT2D eigenvalue weighted by molar-refractivity contribution is -0.138. The first-order chi connectivity index (χ1) is 13.1. The smallest absolute Gasteiger partial charge is 0.416 e. The van der Waals surface area contributed by atoms with Crippen molar-refractivity contribution in [2.45, 2.75) is 12.7 Å². The van der Waals surface area contributed by atoms with Crippen LogP contribution in [0.2, 0.25) is 4.47 Å². The fourth-order valence-electron chi connectivity index (χ4n) is 2.19. The van der Waals surface area contributed by atoms with Crippen LogP contribution in [0.5, 0.6) is 11.5 Å². The number of thiazole rings is 1. The van der Waals surface area contributed by atoms with E-state index in [2.05, 4.69) is 10.3 Å². The highest BCUT2D eigenvalue weighted by atomic mass is 35.5. The van der Waals surface area contributed by atoms with Crippen molar-refractivity contribution in [3.8, 4) is 11.5 Å². The number of anilines is 1. The van der Waals surface area contributed by atoms with Gasteiger partial charge >= 0.3 is 6.18 Å². The van der Waals surface area contributed by atoms with Gasteiger partial charge in [-0.15, -0.1) is 11.3 Å². The molecule has 0 saturated heterocycles. The Morgan fingerprint density at radius 1 is 1.04 bits per heavy atom. The van der Waals surface area contributed by atoms with Crippen LogP contribution in [0.25, 0.3) is 0 Å². The highest BCUT2D eigenvalue weighted by Gasteiger charge is 2.33. The molecule has 0 spiro atoms. The third-order valence-corrected chi connectivity index (χ3v) is 4.58. The van der Waals surface area contributed by atoms with E-state index < -0.39 is 34.9 Å². The van der Waals surface area contributed by atoms with Crippen molar-refractivity contribution < 1.29 is 31.1 Å². The summed E-state index contributed by atoms with van der Waals surface area (Å²) in [7, 11) is 0. The van der Waals surface area contributed by atoms with Crippen LogP contribution in [0.15, 0.2) is 36.5 Å². The molecular weight excluding hydrogens is 430 g/mol. The molecule has 3 nitrogen and oxygen atoms in total. The van der Waals surface area contributed by atoms with Gasteiger partial charge in [0.15, 0.2) is 21.9 Å². The van der Waals surface area contributed by atoms with E-state index in [-0.39, 0.29) is 30.1 Å². The highest BCUT2D eigenvalue weighted by Crippen LogP contribution is 2.36. The Balaban J connectivity index is 1.81. The molecule has 0 fully saturated rings. The molecule has 148 valence electrons. The summed E-state index contributed by atoms with van der Waals surface area (Å²) in [5, 5.41) is 2.75. The maximum Gasteiger partial charge on any atom is 0.416 e. The van der Waals surface area contributed by atoms with E-state index in [9.17, 15) is 26.3 Å². The van der Waals surface area contributed by atoms with Gasteiger partial charge in [-0.2, -0.15) is 13.2 Å². The number of hydrogen-bond acceptors (Lipinski definition) is 4. The Hall–Kier alpha value is -2.46. The molecule has 1 heterocycles. The lowest BCUT2D eigenvalue weighted by atomic mass is 10.2. The van der Waals surface area contributed by atoms with Crippen molar-refractivity contribution in [2.75, 3.05) is 5.32 Å². The largest absolute Gasteiger partial charge is 0.451 e. The van der Waals surface area contributed by atoms with Crippen LogP contribution in [0.4, 0.5) is 32.0 Å². The van der Waals surface area contributed by atoms with Gasteiger partial charge in [0.1, 0.15) is 11.6 Å². The first-order valence-electron chi connectivity index (χ1n) is 7.51. The van der Waals surface area contributed by atoms with Crippen molar-refractivity contribution in [1.82, 2.24) is 4.98 Å². The molecule has 0 saturated carbocycles. The minimum Gasteiger partial charge on any atom is -0.451 e. The normalized spacial score (nSPS) is 11.5. The SMILES string of the molecule is Fc1ccc(Oc2c(F)cc(C(F)(F)F)cc2F)cc1NCc1cnc(Cl)s1. The summed E-state index contributed by atoms with van der Waals surface area (Å²) in [5.41, 5.74) is -1.53. The molecule has 0 bridgehead atoms. The average Bonchev–Trinajstić information content (AvgIpc) is 3.02. The standard InChI is InChI=1S/C17H9ClF6N2OS/c18-16-26-7-10(28-16)6-25-14-5-9(1-2-11(14)19)27-15-12(20)3-8(4-13(15)21)17(22,23)24/h1-5,7,25H,6H2. The van der Waals surface area contributed by atoms with Crippen LogP contribution < -0.4 is 10.1 Å². The van der Waals surface area contributed by atoms with Gasteiger partial charge in [0.25, 0.3) is 0 Å². The fourth-order valence-corrected chi connectivity index (χ4v) is 3.11. The van der Waals surface area contributed by atoms with E-state index in [1.807, 2.05) is 0 Å². The zero-order valence-electron chi connectivity index (χ0n) is 13.6. The van der Waals surface area contributed by atoms with E-state index in [1.165, 1.54) is 17.5 Å². The summed E-state index contributed by atoms with van der Waals surface area (Å²) in [6, 6.07) is 3.43. The number of ether oxygens (including phenoxy) is 1. The van der Waals surface area contributed by atoms with Crippen LogP contribution in [0.1, 0.15) is 10.4 Å². The summed E-state index contributed by atoms with van der Waals surface area (Å²) in [5.74, 6) is -4.95. The van der Waals surface area contributed by atoms with Crippen LogP contribution in [0.3, 0.4) is 0 Å². The topological polar surface area (TPSA) is 34.1 Å². The Labute approximate surface area is 163 Å². The second kappa shape index (κ2) is 7.88. The Kier molecular flexibility index (Phi) is 5.71. The predicted molar refractivity (Wildman–Crippen MR) is 92.3 cm³/mol. The molecule has 0 unspecified atom stereocenters. The molecule has 0 aliphatic rings. The molecule has 0 aliphatic heterocycles. The number of rotatable bonds is 5. The molecule has 11 heteroatoms. The number of benzene rings is 2. The van der Waals surface area contributed by atoms with E-state index in [0.717, 1.165) is 18.2 Å². The van der Waals surface area contributed by atoms with Gasteiger partial charge in [-0.25, -0.2) is 18.2 Å². The molecular formula is C17H9ClF6N2OS. The fraction of sp³-hybridized carbons (Fsp3) is 0.118. The van der Waals surface area contributed by atoms with Crippen molar-refractivity contribution in [2.24, 2.45) is 0 Å². The molecule has 1 aromatic heterocycles. The molecule has 0 amide bonds. The third-order valence-electron chi connectivity index (χ3n) is 3.46. The molecule has 0 aliphatic carbocycles. The van der Waals surface area contributed by atoms with E-state index in [1.54, 1.807) is 0 Å². The average molecular weight is 439 g/mol. The lowest BCUT2D eigenvalue weighted by Gasteiger charge is -2.13. The summed E-state index contributed by atoms with van der Waals surface area (Å²) in [6.07, 6.45) is -3.42. The molecule has 3 aromatic rings. The molecule has 1 N–H and O–H groups in total. The van der Waals surface area contributed by atoms with E-state index in [0.29, 0.717) is 9.34 Å². The lowest BCUT2D eigenvalue weighted by Crippen LogP contribution is -2.07. The van der Waals surface area contributed by atoms with Crippen LogP contribution in [-0.2, 0) is 12.7 Å². The van der Waals surface area contributed by atoms with Gasteiger partial charge in [-0.3, -0.25) is 0 Å².